The van der Waals surface area contributed by atoms with Crippen LogP contribution < -0.4 is 5.32 Å². The van der Waals surface area contributed by atoms with Crippen LogP contribution in [-0.4, -0.2) is 16.6 Å². The van der Waals surface area contributed by atoms with Crippen molar-refractivity contribution in [3.8, 4) is 0 Å². The lowest BCUT2D eigenvalue weighted by atomic mass is 9.85. The Morgan fingerprint density at radius 3 is 2.50 bits per heavy atom. The van der Waals surface area contributed by atoms with E-state index >= 15 is 0 Å². The highest BCUT2D eigenvalue weighted by molar-refractivity contribution is 6.23. The molecule has 0 aliphatic carbocycles. The number of carbonyl (C=O) groups is 1. The third-order valence-corrected chi connectivity index (χ3v) is 4.57. The number of aliphatic hydroxyl groups excluding tert-OH is 1. The topological polar surface area (TPSA) is 49.3 Å². The third-order valence-electron chi connectivity index (χ3n) is 4.57. The van der Waals surface area contributed by atoms with E-state index in [0.717, 1.165) is 48.8 Å². The van der Waals surface area contributed by atoms with Gasteiger partial charge in [-0.15, -0.1) is 0 Å². The van der Waals surface area contributed by atoms with Crippen LogP contribution in [0.25, 0.3) is 5.57 Å². The molecule has 1 aliphatic rings. The number of unbranched alkanes of at least 4 members (excludes halogenated alkanes) is 1. The van der Waals surface area contributed by atoms with E-state index in [-0.39, 0.29) is 11.7 Å². The van der Waals surface area contributed by atoms with Gasteiger partial charge in [0.25, 0.3) is 5.91 Å². The largest absolute Gasteiger partial charge is 0.509 e. The molecule has 1 atom stereocenters. The van der Waals surface area contributed by atoms with Crippen molar-refractivity contribution in [2.45, 2.75) is 65.3 Å². The molecule has 120 valence electrons. The van der Waals surface area contributed by atoms with E-state index in [4.69, 9.17) is 0 Å². The number of rotatable bonds is 6. The Labute approximate surface area is 133 Å². The lowest BCUT2D eigenvalue weighted by molar-refractivity contribution is -0.116. The molecule has 3 nitrogen and oxygen atoms in total. The van der Waals surface area contributed by atoms with E-state index in [1.807, 2.05) is 32.0 Å². The van der Waals surface area contributed by atoms with Gasteiger partial charge in [-0.25, -0.2) is 0 Å². The van der Waals surface area contributed by atoms with Crippen LogP contribution in [-0.2, 0) is 4.79 Å². The summed E-state index contributed by atoms with van der Waals surface area (Å²) in [4.78, 5) is 12.6. The predicted molar refractivity (Wildman–Crippen MR) is 90.8 cm³/mol. The molecule has 0 saturated heterocycles. The van der Waals surface area contributed by atoms with E-state index in [1.54, 1.807) is 0 Å². The highest BCUT2D eigenvalue weighted by Crippen LogP contribution is 2.39. The Hall–Kier alpha value is -1.77. The van der Waals surface area contributed by atoms with Gasteiger partial charge in [-0.05, 0) is 37.8 Å². The van der Waals surface area contributed by atoms with Crippen molar-refractivity contribution in [3.63, 3.8) is 0 Å². The van der Waals surface area contributed by atoms with Gasteiger partial charge in [0.05, 0.1) is 11.1 Å². The molecule has 0 spiro atoms. The first kappa shape index (κ1) is 16.6. The fraction of sp³-hybridized carbons (Fsp3) is 0.526. The molecule has 1 aromatic carbocycles. The minimum atomic E-state index is -0.576. The van der Waals surface area contributed by atoms with E-state index < -0.39 is 5.54 Å². The number of aryl methyl sites for hydroxylation is 2. The molecule has 0 fully saturated rings. The number of hydrogen-bond acceptors (Lipinski definition) is 2. The van der Waals surface area contributed by atoms with Gasteiger partial charge in [-0.3, -0.25) is 4.79 Å². The molecule has 2 rings (SSSR count). The number of aliphatic hydroxyl groups is 1. The fourth-order valence-electron chi connectivity index (χ4n) is 3.33. The molecular weight excluding hydrogens is 274 g/mol. The van der Waals surface area contributed by atoms with Crippen molar-refractivity contribution in [2.75, 3.05) is 0 Å². The lowest BCUT2D eigenvalue weighted by Gasteiger charge is -2.29. The second-order valence-electron chi connectivity index (χ2n) is 6.43. The van der Waals surface area contributed by atoms with Gasteiger partial charge in [0.2, 0.25) is 0 Å². The van der Waals surface area contributed by atoms with Crippen LogP contribution in [0.5, 0.6) is 0 Å². The van der Waals surface area contributed by atoms with E-state index in [2.05, 4.69) is 19.2 Å². The predicted octanol–water partition coefficient (Wildman–Crippen LogP) is 4.43. The van der Waals surface area contributed by atoms with Crippen molar-refractivity contribution >= 4 is 11.5 Å². The Balaban J connectivity index is 2.52. The number of amides is 1. The minimum Gasteiger partial charge on any atom is -0.509 e. The maximum Gasteiger partial charge on any atom is 0.256 e. The maximum absolute atomic E-state index is 12.6. The molecular formula is C19H27NO2. The van der Waals surface area contributed by atoms with Crippen molar-refractivity contribution in [3.05, 3.63) is 40.6 Å². The van der Waals surface area contributed by atoms with Gasteiger partial charge in [-0.1, -0.05) is 56.9 Å². The summed E-state index contributed by atoms with van der Waals surface area (Å²) in [5.74, 6) is 0.0947. The second-order valence-corrected chi connectivity index (χ2v) is 6.43. The molecule has 2 N–H and O–H groups in total. The quantitative estimate of drug-likeness (QED) is 0.816. The zero-order chi connectivity index (χ0) is 16.3. The summed E-state index contributed by atoms with van der Waals surface area (Å²) in [6.07, 6.45) is 4.54. The van der Waals surface area contributed by atoms with Gasteiger partial charge in [-0.2, -0.15) is 0 Å². The standard InChI is InChI=1S/C19H27NO2/c1-5-7-11-19(10-6-2)17(21)16(18(22)20-19)15-12-13(3)8-9-14(15)4/h8-9,12,21H,5-7,10-11H2,1-4H3,(H,20,22)/t19-/m1/s1. The zero-order valence-electron chi connectivity index (χ0n) is 14.1. The van der Waals surface area contributed by atoms with Crippen molar-refractivity contribution in [1.29, 1.82) is 0 Å². The van der Waals surface area contributed by atoms with E-state index in [9.17, 15) is 9.90 Å². The van der Waals surface area contributed by atoms with Crippen molar-refractivity contribution < 1.29 is 9.90 Å². The summed E-state index contributed by atoms with van der Waals surface area (Å²) in [7, 11) is 0. The molecule has 0 radical (unpaired) electrons. The van der Waals surface area contributed by atoms with E-state index in [0.29, 0.717) is 5.57 Å². The number of hydrogen-bond donors (Lipinski definition) is 2. The Morgan fingerprint density at radius 1 is 1.14 bits per heavy atom. The molecule has 3 heteroatoms. The molecule has 22 heavy (non-hydrogen) atoms. The molecule has 1 heterocycles. The number of nitrogens with one attached hydrogen (secondary N) is 1. The first-order chi connectivity index (χ1) is 10.4. The Morgan fingerprint density at radius 2 is 1.86 bits per heavy atom. The van der Waals surface area contributed by atoms with Gasteiger partial charge >= 0.3 is 0 Å². The summed E-state index contributed by atoms with van der Waals surface area (Å²) in [6, 6.07) is 6.02. The molecule has 0 aromatic heterocycles. The smallest absolute Gasteiger partial charge is 0.256 e. The summed E-state index contributed by atoms with van der Waals surface area (Å²) in [5, 5.41) is 14.0. The monoisotopic (exact) mass is 301 g/mol. The number of carbonyl (C=O) groups excluding carboxylic acids is 1. The Bertz CT molecular complexity index is 603. The molecule has 0 saturated carbocycles. The summed E-state index contributed by atoms with van der Waals surface area (Å²) in [6.45, 7) is 8.20. The second kappa shape index (κ2) is 6.55. The Kier molecular flexibility index (Phi) is 4.94. The highest BCUT2D eigenvalue weighted by atomic mass is 16.3. The van der Waals surface area contributed by atoms with Gasteiger partial charge in [0.15, 0.2) is 0 Å². The normalized spacial score (nSPS) is 21.4. The first-order valence-electron chi connectivity index (χ1n) is 8.29. The molecule has 0 bridgehead atoms. The third kappa shape index (κ3) is 2.90. The average Bonchev–Trinajstić information content (AvgIpc) is 2.71. The molecule has 1 aliphatic heterocycles. The van der Waals surface area contributed by atoms with Crippen LogP contribution in [0.4, 0.5) is 0 Å². The van der Waals surface area contributed by atoms with Gasteiger partial charge in [0.1, 0.15) is 5.76 Å². The van der Waals surface area contributed by atoms with Crippen LogP contribution >= 0.6 is 0 Å². The summed E-state index contributed by atoms with van der Waals surface area (Å²) in [5.41, 5.74) is 2.85. The zero-order valence-corrected chi connectivity index (χ0v) is 14.1. The van der Waals surface area contributed by atoms with E-state index in [1.165, 1.54) is 0 Å². The number of benzene rings is 1. The van der Waals surface area contributed by atoms with Crippen LogP contribution in [0, 0.1) is 13.8 Å². The first-order valence-corrected chi connectivity index (χ1v) is 8.29. The van der Waals surface area contributed by atoms with Crippen LogP contribution in [0.2, 0.25) is 0 Å². The van der Waals surface area contributed by atoms with Gasteiger partial charge < -0.3 is 10.4 Å². The maximum atomic E-state index is 12.6. The lowest BCUT2D eigenvalue weighted by Crippen LogP contribution is -2.44. The van der Waals surface area contributed by atoms with Crippen LogP contribution in [0.15, 0.2) is 24.0 Å². The SMILES string of the molecule is CCCC[C@@]1(CCC)NC(=O)C(c2cc(C)ccc2C)=C1O. The van der Waals surface area contributed by atoms with Crippen molar-refractivity contribution in [2.24, 2.45) is 0 Å². The highest BCUT2D eigenvalue weighted by Gasteiger charge is 2.44. The minimum absolute atomic E-state index is 0.143. The fourth-order valence-corrected chi connectivity index (χ4v) is 3.33. The molecule has 1 aromatic rings. The molecule has 1 amide bonds. The molecule has 0 unspecified atom stereocenters. The summed E-state index contributed by atoms with van der Waals surface area (Å²) < 4.78 is 0. The van der Waals surface area contributed by atoms with Crippen LogP contribution in [0.1, 0.15) is 62.6 Å². The average molecular weight is 301 g/mol. The van der Waals surface area contributed by atoms with Crippen LogP contribution in [0.3, 0.4) is 0 Å². The summed E-state index contributed by atoms with van der Waals surface area (Å²) >= 11 is 0. The van der Waals surface area contributed by atoms with Crippen molar-refractivity contribution in [1.82, 2.24) is 5.32 Å². The van der Waals surface area contributed by atoms with Gasteiger partial charge in [0, 0.05) is 0 Å².